The first-order chi connectivity index (χ1) is 14.9. The molecule has 1 saturated heterocycles. The molecule has 32 heavy (non-hydrogen) atoms. The molecule has 0 bridgehead atoms. The Morgan fingerprint density at radius 2 is 1.94 bits per heavy atom. The van der Waals surface area contributed by atoms with Crippen LogP contribution in [0.25, 0.3) is 0 Å². The molecule has 2 aromatic rings. The quantitative estimate of drug-likeness (QED) is 0.673. The van der Waals surface area contributed by atoms with Crippen molar-refractivity contribution in [2.45, 2.75) is 37.6 Å². The molecule has 172 valence electrons. The third kappa shape index (κ3) is 4.12. The summed E-state index contributed by atoms with van der Waals surface area (Å²) in [6, 6.07) is 5.92. The Labute approximate surface area is 180 Å². The number of benzene rings is 1. The number of rotatable bonds is 5. The van der Waals surface area contributed by atoms with Crippen molar-refractivity contribution in [1.29, 1.82) is 0 Å². The number of carbonyl (C=O) groups excluding carboxylic acids is 2. The van der Waals surface area contributed by atoms with Gasteiger partial charge >= 0.3 is 6.18 Å². The summed E-state index contributed by atoms with van der Waals surface area (Å²) in [4.78, 5) is 28.1. The highest BCUT2D eigenvalue weighted by molar-refractivity contribution is 5.97. The summed E-state index contributed by atoms with van der Waals surface area (Å²) in [6.07, 6.45) is -5.17. The van der Waals surface area contributed by atoms with Gasteiger partial charge in [-0.15, -0.1) is 0 Å². The highest BCUT2D eigenvalue weighted by atomic mass is 19.4. The number of primary amides is 1. The number of amides is 2. The van der Waals surface area contributed by atoms with Crippen LogP contribution in [0, 0.1) is 11.7 Å². The molecule has 0 radical (unpaired) electrons. The molecule has 1 fully saturated rings. The van der Waals surface area contributed by atoms with E-state index in [-0.39, 0.29) is 22.7 Å². The summed E-state index contributed by atoms with van der Waals surface area (Å²) < 4.78 is 66.0. The minimum atomic E-state index is -4.79. The summed E-state index contributed by atoms with van der Waals surface area (Å²) >= 11 is 0. The van der Waals surface area contributed by atoms with Gasteiger partial charge in [0, 0.05) is 35.3 Å². The molecule has 3 N–H and O–H groups in total. The van der Waals surface area contributed by atoms with Gasteiger partial charge in [0.25, 0.3) is 11.8 Å². The lowest BCUT2D eigenvalue weighted by Crippen LogP contribution is -2.47. The molecule has 0 aliphatic carbocycles. The molecule has 2 amide bonds. The molecule has 0 spiro atoms. The van der Waals surface area contributed by atoms with E-state index in [2.05, 4.69) is 10.3 Å². The number of aromatic nitrogens is 1. The van der Waals surface area contributed by atoms with Gasteiger partial charge in [-0.1, -0.05) is 13.0 Å². The number of methoxy groups -OCH3 is 1. The van der Waals surface area contributed by atoms with Crippen molar-refractivity contribution in [2.24, 2.45) is 11.7 Å². The zero-order valence-corrected chi connectivity index (χ0v) is 17.4. The topological polar surface area (TPSA) is 104 Å². The van der Waals surface area contributed by atoms with Crippen LogP contribution in [-0.2, 0) is 9.53 Å². The molecule has 0 saturated carbocycles. The Morgan fingerprint density at radius 1 is 1.25 bits per heavy atom. The number of anilines is 1. The number of alkyl halides is 3. The van der Waals surface area contributed by atoms with Crippen LogP contribution >= 0.6 is 0 Å². The van der Waals surface area contributed by atoms with Crippen molar-refractivity contribution < 1.29 is 36.6 Å². The van der Waals surface area contributed by atoms with E-state index < -0.39 is 47.3 Å². The smallest absolute Gasteiger partial charge is 0.417 e. The summed E-state index contributed by atoms with van der Waals surface area (Å²) in [5, 5.41) is 2.44. The van der Waals surface area contributed by atoms with Crippen molar-refractivity contribution in [3.63, 3.8) is 0 Å². The van der Waals surface area contributed by atoms with Crippen molar-refractivity contribution in [3.05, 3.63) is 53.6 Å². The van der Waals surface area contributed by atoms with Crippen LogP contribution in [0.4, 0.5) is 23.2 Å². The Kier molecular flexibility index (Phi) is 6.14. The fraction of sp³-hybridized carbons (Fsp3) is 0.381. The van der Waals surface area contributed by atoms with Gasteiger partial charge in [-0.2, -0.15) is 13.2 Å². The van der Waals surface area contributed by atoms with Gasteiger partial charge in [0.2, 0.25) is 0 Å². The Hall–Kier alpha value is -3.21. The first-order valence-electron chi connectivity index (χ1n) is 9.53. The van der Waals surface area contributed by atoms with E-state index in [1.165, 1.54) is 38.4 Å². The summed E-state index contributed by atoms with van der Waals surface area (Å²) in [5.41, 5.74) is 2.67. The van der Waals surface area contributed by atoms with E-state index in [9.17, 15) is 27.2 Å². The largest absolute Gasteiger partial charge is 0.496 e. The molecule has 1 aromatic carbocycles. The zero-order valence-electron chi connectivity index (χ0n) is 17.4. The number of pyridine rings is 1. The first-order valence-corrected chi connectivity index (χ1v) is 9.53. The predicted octanol–water partition coefficient (Wildman–Crippen LogP) is 3.41. The van der Waals surface area contributed by atoms with Crippen LogP contribution in [-0.4, -0.2) is 41.8 Å². The molecule has 1 aliphatic heterocycles. The molecule has 7 nitrogen and oxygen atoms in total. The second kappa shape index (κ2) is 8.38. The van der Waals surface area contributed by atoms with Crippen LogP contribution in [0.5, 0.6) is 5.75 Å². The van der Waals surface area contributed by atoms with Gasteiger partial charge in [0.15, 0.2) is 5.60 Å². The SMILES string of the molecule is COc1cc(F)ccc1[C@@H]1[C@@H](C)[C@@](C)(C(F)(F)F)O[C@H]1C(=O)Nc1ccnc(C(N)=O)c1. The highest BCUT2D eigenvalue weighted by Gasteiger charge is 2.65. The highest BCUT2D eigenvalue weighted by Crippen LogP contribution is 2.54. The predicted molar refractivity (Wildman–Crippen MR) is 106 cm³/mol. The molecular formula is C21H21F4N3O4. The molecule has 2 heterocycles. The Morgan fingerprint density at radius 3 is 2.53 bits per heavy atom. The van der Waals surface area contributed by atoms with Crippen LogP contribution in [0.3, 0.4) is 0 Å². The number of hydrogen-bond acceptors (Lipinski definition) is 5. The van der Waals surface area contributed by atoms with E-state index in [0.29, 0.717) is 0 Å². The number of nitrogens with two attached hydrogens (primary N) is 1. The minimum Gasteiger partial charge on any atom is -0.496 e. The molecule has 1 aromatic heterocycles. The molecule has 11 heteroatoms. The van der Waals surface area contributed by atoms with E-state index in [4.69, 9.17) is 15.2 Å². The number of nitrogens with zero attached hydrogens (tertiary/aromatic N) is 1. The monoisotopic (exact) mass is 455 g/mol. The summed E-state index contributed by atoms with van der Waals surface area (Å²) in [7, 11) is 1.25. The van der Waals surface area contributed by atoms with Crippen LogP contribution in [0.2, 0.25) is 0 Å². The van der Waals surface area contributed by atoms with Gasteiger partial charge in [0.05, 0.1) is 7.11 Å². The van der Waals surface area contributed by atoms with E-state index in [1.807, 2.05) is 0 Å². The number of halogens is 4. The van der Waals surface area contributed by atoms with Gasteiger partial charge < -0.3 is 20.5 Å². The lowest BCUT2D eigenvalue weighted by atomic mass is 9.77. The van der Waals surface area contributed by atoms with Crippen molar-refractivity contribution >= 4 is 17.5 Å². The van der Waals surface area contributed by atoms with E-state index >= 15 is 0 Å². The van der Waals surface area contributed by atoms with E-state index in [0.717, 1.165) is 19.1 Å². The van der Waals surface area contributed by atoms with Gasteiger partial charge in [-0.05, 0) is 25.1 Å². The van der Waals surface area contributed by atoms with Crippen LogP contribution < -0.4 is 15.8 Å². The van der Waals surface area contributed by atoms with Crippen molar-refractivity contribution in [2.75, 3.05) is 12.4 Å². The normalized spacial score (nSPS) is 25.4. The van der Waals surface area contributed by atoms with Crippen LogP contribution in [0.1, 0.15) is 35.8 Å². The van der Waals surface area contributed by atoms with Gasteiger partial charge in [-0.3, -0.25) is 14.6 Å². The van der Waals surface area contributed by atoms with Crippen LogP contribution in [0.15, 0.2) is 36.5 Å². The molecular weight excluding hydrogens is 434 g/mol. The maximum Gasteiger partial charge on any atom is 0.417 e. The number of nitrogens with one attached hydrogen (secondary N) is 1. The third-order valence-corrected chi connectivity index (χ3v) is 5.76. The zero-order chi connectivity index (χ0) is 23.8. The number of carbonyl (C=O) groups is 2. The third-order valence-electron chi connectivity index (χ3n) is 5.76. The molecule has 0 unspecified atom stereocenters. The Bertz CT molecular complexity index is 1050. The second-order valence-electron chi connectivity index (χ2n) is 7.63. The lowest BCUT2D eigenvalue weighted by molar-refractivity contribution is -0.272. The minimum absolute atomic E-state index is 0.00500. The summed E-state index contributed by atoms with van der Waals surface area (Å²) in [5.74, 6) is -4.72. The first kappa shape index (κ1) is 23.5. The van der Waals surface area contributed by atoms with Gasteiger partial charge in [0.1, 0.15) is 23.4 Å². The Balaban J connectivity index is 2.04. The van der Waals surface area contributed by atoms with Crippen molar-refractivity contribution in [1.82, 2.24) is 4.98 Å². The number of hydrogen-bond donors (Lipinski definition) is 2. The average Bonchev–Trinajstić information content (AvgIpc) is 3.00. The number of ether oxygens (including phenoxy) is 2. The summed E-state index contributed by atoms with van der Waals surface area (Å²) in [6.45, 7) is 2.18. The lowest BCUT2D eigenvalue weighted by Gasteiger charge is -2.32. The maximum absolute atomic E-state index is 13.9. The second-order valence-corrected chi connectivity index (χ2v) is 7.63. The molecule has 1 aliphatic rings. The fourth-order valence-electron chi connectivity index (χ4n) is 3.84. The van der Waals surface area contributed by atoms with Crippen molar-refractivity contribution in [3.8, 4) is 5.75 Å². The average molecular weight is 455 g/mol. The van der Waals surface area contributed by atoms with E-state index in [1.54, 1.807) is 0 Å². The molecule has 4 atom stereocenters. The standard InChI is InChI=1S/C21H21F4N3O4/c1-10-16(13-5-4-11(22)8-15(13)31-3)17(32-20(10,2)21(23,24)25)19(30)28-12-6-7-27-14(9-12)18(26)29/h4-10,16-17H,1-3H3,(H2,26,29)(H,27,28,30)/t10-,16+,17-,20+/m1/s1. The fourth-order valence-corrected chi connectivity index (χ4v) is 3.84. The maximum atomic E-state index is 13.9. The molecule has 3 rings (SSSR count). The van der Waals surface area contributed by atoms with Gasteiger partial charge in [-0.25, -0.2) is 4.39 Å².